The maximum absolute atomic E-state index is 12.5. The van der Waals surface area contributed by atoms with Gasteiger partial charge in [0.15, 0.2) is 0 Å². The monoisotopic (exact) mass is 302 g/mol. The molecule has 3 rings (SSSR count). The Morgan fingerprint density at radius 1 is 1.45 bits per heavy atom. The Kier molecular flexibility index (Phi) is 4.22. The third kappa shape index (κ3) is 2.75. The second-order valence-corrected chi connectivity index (χ2v) is 5.12. The van der Waals surface area contributed by atoms with Gasteiger partial charge in [0.1, 0.15) is 5.56 Å². The third-order valence-electron chi connectivity index (χ3n) is 3.70. The second kappa shape index (κ2) is 6.29. The lowest BCUT2D eigenvalue weighted by Crippen LogP contribution is -2.33. The van der Waals surface area contributed by atoms with Crippen molar-refractivity contribution in [2.45, 2.75) is 13.0 Å². The minimum absolute atomic E-state index is 0.0224. The molecular weight excluding hydrogens is 284 g/mol. The van der Waals surface area contributed by atoms with Crippen molar-refractivity contribution in [3.05, 3.63) is 45.7 Å². The average Bonchev–Trinajstić information content (AvgIpc) is 2.56. The van der Waals surface area contributed by atoms with E-state index in [9.17, 15) is 9.59 Å². The summed E-state index contributed by atoms with van der Waals surface area (Å²) in [6, 6.07) is 5.55. The first-order valence-electron chi connectivity index (χ1n) is 7.35. The molecule has 0 aliphatic carbocycles. The Morgan fingerprint density at radius 3 is 3.05 bits per heavy atom. The van der Waals surface area contributed by atoms with Crippen molar-refractivity contribution in [1.82, 2.24) is 10.3 Å². The number of aromatic nitrogens is 1. The molecule has 0 saturated carbocycles. The molecule has 0 bridgehead atoms. The number of ether oxygens (including phenoxy) is 2. The van der Waals surface area contributed by atoms with Gasteiger partial charge in [-0.2, -0.15) is 0 Å². The number of rotatable bonds is 3. The van der Waals surface area contributed by atoms with E-state index in [0.717, 1.165) is 12.1 Å². The summed E-state index contributed by atoms with van der Waals surface area (Å²) in [5.74, 6) is -0.605. The van der Waals surface area contributed by atoms with Crippen LogP contribution in [0.1, 0.15) is 28.9 Å². The van der Waals surface area contributed by atoms with Crippen LogP contribution in [0.5, 0.6) is 0 Å². The smallest absolute Gasteiger partial charge is 0.343 e. The molecule has 1 unspecified atom stereocenters. The molecule has 1 atom stereocenters. The van der Waals surface area contributed by atoms with E-state index in [1.54, 1.807) is 13.0 Å². The summed E-state index contributed by atoms with van der Waals surface area (Å²) < 4.78 is 10.6. The van der Waals surface area contributed by atoms with Gasteiger partial charge in [-0.3, -0.25) is 4.79 Å². The molecule has 2 heterocycles. The zero-order valence-electron chi connectivity index (χ0n) is 12.3. The highest BCUT2D eigenvalue weighted by molar-refractivity contribution is 5.93. The van der Waals surface area contributed by atoms with Crippen LogP contribution in [0, 0.1) is 0 Å². The fourth-order valence-corrected chi connectivity index (χ4v) is 2.58. The number of pyridine rings is 1. The molecule has 0 amide bonds. The lowest BCUT2D eigenvalue weighted by molar-refractivity contribution is 0.0278. The predicted octanol–water partition coefficient (Wildman–Crippen LogP) is 1.37. The molecule has 1 aliphatic rings. The van der Waals surface area contributed by atoms with Crippen molar-refractivity contribution in [2.24, 2.45) is 0 Å². The summed E-state index contributed by atoms with van der Waals surface area (Å²) >= 11 is 0. The van der Waals surface area contributed by atoms with Crippen LogP contribution in [0.3, 0.4) is 0 Å². The largest absolute Gasteiger partial charge is 0.462 e. The first kappa shape index (κ1) is 14.7. The molecule has 1 saturated heterocycles. The van der Waals surface area contributed by atoms with E-state index >= 15 is 0 Å². The summed E-state index contributed by atoms with van der Waals surface area (Å²) in [7, 11) is 0. The van der Waals surface area contributed by atoms with Crippen molar-refractivity contribution in [1.29, 1.82) is 0 Å². The zero-order valence-corrected chi connectivity index (χ0v) is 12.3. The molecule has 0 spiro atoms. The van der Waals surface area contributed by atoms with E-state index in [4.69, 9.17) is 9.47 Å². The first-order chi connectivity index (χ1) is 10.7. The molecule has 116 valence electrons. The number of benzene rings is 1. The van der Waals surface area contributed by atoms with Gasteiger partial charge in [0.05, 0.1) is 19.3 Å². The van der Waals surface area contributed by atoms with Crippen LogP contribution in [0.2, 0.25) is 0 Å². The van der Waals surface area contributed by atoms with Crippen LogP contribution >= 0.6 is 0 Å². The number of esters is 1. The number of carbonyl (C=O) groups excluding carboxylic acids is 1. The Bertz CT molecular complexity index is 747. The highest BCUT2D eigenvalue weighted by Gasteiger charge is 2.18. The maximum atomic E-state index is 12.5. The molecule has 22 heavy (non-hydrogen) atoms. The predicted molar refractivity (Wildman–Crippen MR) is 82.1 cm³/mol. The summed E-state index contributed by atoms with van der Waals surface area (Å²) in [6.45, 7) is 4.12. The minimum atomic E-state index is -0.605. The van der Waals surface area contributed by atoms with Gasteiger partial charge < -0.3 is 19.8 Å². The van der Waals surface area contributed by atoms with E-state index in [2.05, 4.69) is 10.3 Å². The number of aromatic amines is 1. The van der Waals surface area contributed by atoms with Gasteiger partial charge in [0.2, 0.25) is 5.43 Å². The molecule has 1 aromatic carbocycles. The van der Waals surface area contributed by atoms with Crippen molar-refractivity contribution in [2.75, 3.05) is 26.3 Å². The van der Waals surface area contributed by atoms with E-state index in [1.807, 2.05) is 12.1 Å². The SMILES string of the molecule is CCOC(=O)c1c[nH]c2ccc(C3CNCCO3)cc2c1=O. The van der Waals surface area contributed by atoms with Crippen molar-refractivity contribution in [3.63, 3.8) is 0 Å². The van der Waals surface area contributed by atoms with Gasteiger partial charge in [-0.15, -0.1) is 0 Å². The number of carbonyl (C=O) groups is 1. The van der Waals surface area contributed by atoms with E-state index in [1.165, 1.54) is 6.20 Å². The Morgan fingerprint density at radius 2 is 2.32 bits per heavy atom. The number of morpholine rings is 1. The van der Waals surface area contributed by atoms with Gasteiger partial charge >= 0.3 is 5.97 Å². The van der Waals surface area contributed by atoms with Crippen LogP contribution in [0.15, 0.2) is 29.2 Å². The summed E-state index contributed by atoms with van der Waals surface area (Å²) in [6.07, 6.45) is 1.32. The molecule has 1 aliphatic heterocycles. The fourth-order valence-electron chi connectivity index (χ4n) is 2.58. The third-order valence-corrected chi connectivity index (χ3v) is 3.70. The normalized spacial score (nSPS) is 18.3. The zero-order chi connectivity index (χ0) is 15.5. The molecule has 6 heteroatoms. The van der Waals surface area contributed by atoms with Crippen LogP contribution in [-0.2, 0) is 9.47 Å². The highest BCUT2D eigenvalue weighted by Crippen LogP contribution is 2.21. The van der Waals surface area contributed by atoms with Crippen molar-refractivity contribution >= 4 is 16.9 Å². The molecule has 0 radical (unpaired) electrons. The number of H-pyrrole nitrogens is 1. The summed E-state index contributed by atoms with van der Waals surface area (Å²) in [5.41, 5.74) is 1.31. The van der Waals surface area contributed by atoms with Crippen LogP contribution in [0.4, 0.5) is 0 Å². The lowest BCUT2D eigenvalue weighted by atomic mass is 10.0. The van der Waals surface area contributed by atoms with Gasteiger partial charge in [-0.1, -0.05) is 6.07 Å². The fraction of sp³-hybridized carbons (Fsp3) is 0.375. The Balaban J connectivity index is 2.04. The molecule has 2 aromatic rings. The molecular formula is C16H18N2O4. The van der Waals surface area contributed by atoms with Crippen LogP contribution in [0.25, 0.3) is 10.9 Å². The van der Waals surface area contributed by atoms with Crippen molar-refractivity contribution < 1.29 is 14.3 Å². The van der Waals surface area contributed by atoms with Crippen molar-refractivity contribution in [3.8, 4) is 0 Å². The molecule has 1 aromatic heterocycles. The van der Waals surface area contributed by atoms with E-state index in [-0.39, 0.29) is 23.7 Å². The summed E-state index contributed by atoms with van der Waals surface area (Å²) in [4.78, 5) is 27.3. The minimum Gasteiger partial charge on any atom is -0.462 e. The Labute approximate surface area is 127 Å². The molecule has 1 fully saturated rings. The van der Waals surface area contributed by atoms with Crippen LogP contribution in [-0.4, -0.2) is 37.3 Å². The number of fused-ring (bicyclic) bond motifs is 1. The van der Waals surface area contributed by atoms with Gasteiger partial charge in [0, 0.05) is 30.2 Å². The average molecular weight is 302 g/mol. The Hall–Kier alpha value is -2.18. The summed E-state index contributed by atoms with van der Waals surface area (Å²) in [5, 5.41) is 3.73. The second-order valence-electron chi connectivity index (χ2n) is 5.12. The van der Waals surface area contributed by atoms with E-state index in [0.29, 0.717) is 24.1 Å². The van der Waals surface area contributed by atoms with E-state index < -0.39 is 5.97 Å². The van der Waals surface area contributed by atoms with Gasteiger partial charge in [0.25, 0.3) is 0 Å². The number of nitrogens with one attached hydrogen (secondary N) is 2. The van der Waals surface area contributed by atoms with Gasteiger partial charge in [-0.25, -0.2) is 4.79 Å². The topological polar surface area (TPSA) is 80.4 Å². The molecule has 2 N–H and O–H groups in total. The quantitative estimate of drug-likeness (QED) is 0.837. The number of hydrogen-bond donors (Lipinski definition) is 2. The highest BCUT2D eigenvalue weighted by atomic mass is 16.5. The van der Waals surface area contributed by atoms with Crippen LogP contribution < -0.4 is 10.7 Å². The number of hydrogen-bond acceptors (Lipinski definition) is 5. The van der Waals surface area contributed by atoms with Gasteiger partial charge in [-0.05, 0) is 24.6 Å². The molecule has 6 nitrogen and oxygen atoms in total. The maximum Gasteiger partial charge on any atom is 0.343 e. The standard InChI is InChI=1S/C16H18N2O4/c1-2-21-16(20)12-8-18-13-4-3-10(7-11(13)15(12)19)14-9-17-5-6-22-14/h3-4,7-8,14,17H,2,5-6,9H2,1H3,(H,18,19). The lowest BCUT2D eigenvalue weighted by Gasteiger charge is -2.24. The first-order valence-corrected chi connectivity index (χ1v) is 7.35.